The topological polar surface area (TPSA) is 63.2 Å². The average Bonchev–Trinajstić information content (AvgIpc) is 3.24. The molecule has 5 nitrogen and oxygen atoms in total. The van der Waals surface area contributed by atoms with Crippen LogP contribution in [0.15, 0.2) is 6.20 Å². The van der Waals surface area contributed by atoms with Crippen molar-refractivity contribution in [2.45, 2.75) is 57.6 Å². The van der Waals surface area contributed by atoms with Gasteiger partial charge in [0.05, 0.1) is 11.1 Å². The second-order valence-electron chi connectivity index (χ2n) is 7.18. The van der Waals surface area contributed by atoms with E-state index < -0.39 is 0 Å². The van der Waals surface area contributed by atoms with Crippen molar-refractivity contribution in [2.75, 3.05) is 13.2 Å². The highest BCUT2D eigenvalue weighted by atomic mass is 32.1. The van der Waals surface area contributed by atoms with Crippen molar-refractivity contribution in [3.63, 3.8) is 0 Å². The van der Waals surface area contributed by atoms with Crippen molar-refractivity contribution in [1.82, 2.24) is 15.6 Å². The Morgan fingerprint density at radius 1 is 1.48 bits per heavy atom. The molecular weight excluding hydrogens is 310 g/mol. The van der Waals surface area contributed by atoms with Crippen LogP contribution in [0.5, 0.6) is 0 Å². The number of hydrogen-bond acceptors (Lipinski definition) is 4. The molecule has 0 aromatic carbocycles. The lowest BCUT2D eigenvalue weighted by atomic mass is 9.54. The molecule has 3 atom stereocenters. The van der Waals surface area contributed by atoms with Gasteiger partial charge in [-0.05, 0) is 26.2 Å². The van der Waals surface area contributed by atoms with Crippen LogP contribution in [0.1, 0.15) is 42.0 Å². The lowest BCUT2D eigenvalue weighted by Crippen LogP contribution is -2.69. The maximum absolute atomic E-state index is 12.3. The van der Waals surface area contributed by atoms with Gasteiger partial charge in [-0.15, -0.1) is 11.3 Å². The Morgan fingerprint density at radius 3 is 3.04 bits per heavy atom. The van der Waals surface area contributed by atoms with Crippen molar-refractivity contribution < 1.29 is 9.53 Å². The minimum absolute atomic E-state index is 0.0279. The number of hydrogen-bond donors (Lipinski definition) is 2. The number of ether oxygens (including phenoxy) is 1. The van der Waals surface area contributed by atoms with Gasteiger partial charge in [-0.3, -0.25) is 0 Å². The average molecular weight is 335 g/mol. The number of aromatic nitrogens is 1. The molecule has 2 amide bonds. The summed E-state index contributed by atoms with van der Waals surface area (Å²) in [6.45, 7) is 3.56. The van der Waals surface area contributed by atoms with E-state index in [1.54, 1.807) is 11.3 Å². The van der Waals surface area contributed by atoms with Crippen LogP contribution in [0, 0.1) is 18.3 Å². The zero-order valence-corrected chi connectivity index (χ0v) is 14.5. The van der Waals surface area contributed by atoms with Crippen LogP contribution in [-0.2, 0) is 11.2 Å². The van der Waals surface area contributed by atoms with Gasteiger partial charge in [0, 0.05) is 48.0 Å². The van der Waals surface area contributed by atoms with E-state index in [-0.39, 0.29) is 11.4 Å². The number of thiazole rings is 1. The van der Waals surface area contributed by atoms with Gasteiger partial charge in [0.1, 0.15) is 0 Å². The van der Waals surface area contributed by atoms with E-state index in [2.05, 4.69) is 22.5 Å². The molecule has 2 heterocycles. The summed E-state index contributed by atoms with van der Waals surface area (Å²) >= 11 is 1.70. The van der Waals surface area contributed by atoms with Crippen LogP contribution < -0.4 is 10.6 Å². The van der Waals surface area contributed by atoms with Crippen LogP contribution in [-0.4, -0.2) is 36.3 Å². The van der Waals surface area contributed by atoms with E-state index in [9.17, 15) is 4.79 Å². The number of aryl methyl sites for hydroxylation is 1. The molecule has 2 N–H and O–H groups in total. The fourth-order valence-corrected chi connectivity index (χ4v) is 5.68. The van der Waals surface area contributed by atoms with Crippen LogP contribution in [0.25, 0.3) is 0 Å². The lowest BCUT2D eigenvalue weighted by molar-refractivity contribution is -0.126. The predicted molar refractivity (Wildman–Crippen MR) is 89.6 cm³/mol. The maximum Gasteiger partial charge on any atom is 0.315 e. The summed E-state index contributed by atoms with van der Waals surface area (Å²) < 4.78 is 5.96. The highest BCUT2D eigenvalue weighted by Gasteiger charge is 2.65. The molecule has 23 heavy (non-hydrogen) atoms. The number of fused-ring (bicyclic) bond motifs is 2. The third kappa shape index (κ3) is 2.66. The minimum Gasteiger partial charge on any atom is -0.377 e. The number of rotatable bonds is 4. The minimum atomic E-state index is -0.0279. The smallest absolute Gasteiger partial charge is 0.315 e. The fourth-order valence-electron chi connectivity index (χ4n) is 4.90. The van der Waals surface area contributed by atoms with Gasteiger partial charge in [-0.25, -0.2) is 9.78 Å². The lowest BCUT2D eigenvalue weighted by Gasteiger charge is -2.56. The number of carbonyl (C=O) groups excluding carboxylic acids is 1. The second kappa shape index (κ2) is 6.06. The van der Waals surface area contributed by atoms with Crippen molar-refractivity contribution >= 4 is 17.4 Å². The largest absolute Gasteiger partial charge is 0.377 e. The molecule has 2 saturated carbocycles. The Kier molecular flexibility index (Phi) is 4.05. The Hall–Kier alpha value is -1.14. The first-order valence-electron chi connectivity index (χ1n) is 8.76. The van der Waals surface area contributed by atoms with Crippen LogP contribution in [0.3, 0.4) is 0 Å². The molecule has 3 unspecified atom stereocenters. The molecule has 2 aliphatic carbocycles. The molecule has 4 rings (SSSR count). The summed E-state index contributed by atoms with van der Waals surface area (Å²) in [7, 11) is 0. The zero-order valence-electron chi connectivity index (χ0n) is 13.6. The van der Waals surface area contributed by atoms with E-state index in [1.165, 1.54) is 30.6 Å². The standard InChI is InChI=1S/C17H25N3O2S/c1-11-10-19-13(23-11)4-8-18-16(21)20-14-12-5-9-22-15(12)17(14)6-2-3-7-17/h10,12,14-15H,2-9H2,1H3,(H2,18,20,21). The summed E-state index contributed by atoms with van der Waals surface area (Å²) in [6, 6.07) is 0.277. The van der Waals surface area contributed by atoms with Gasteiger partial charge in [0.2, 0.25) is 0 Å². The second-order valence-corrected chi connectivity index (χ2v) is 8.50. The summed E-state index contributed by atoms with van der Waals surface area (Å²) in [6.07, 6.45) is 9.14. The number of urea groups is 1. The van der Waals surface area contributed by atoms with Crippen LogP contribution in [0.2, 0.25) is 0 Å². The zero-order chi connectivity index (χ0) is 15.9. The highest BCUT2D eigenvalue weighted by molar-refractivity contribution is 7.11. The van der Waals surface area contributed by atoms with Crippen molar-refractivity contribution in [1.29, 1.82) is 0 Å². The normalized spacial score (nSPS) is 30.9. The van der Waals surface area contributed by atoms with Crippen molar-refractivity contribution in [3.05, 3.63) is 16.1 Å². The first-order valence-corrected chi connectivity index (χ1v) is 9.58. The first-order chi connectivity index (χ1) is 11.2. The Bertz CT molecular complexity index is 582. The summed E-state index contributed by atoms with van der Waals surface area (Å²) in [5, 5.41) is 7.35. The number of nitrogens with one attached hydrogen (secondary N) is 2. The van der Waals surface area contributed by atoms with Gasteiger partial charge in [-0.1, -0.05) is 12.8 Å². The molecule has 126 valence electrons. The third-order valence-electron chi connectivity index (χ3n) is 5.87. The van der Waals surface area contributed by atoms with E-state index in [4.69, 9.17) is 4.74 Å². The molecule has 1 saturated heterocycles. The summed E-state index contributed by atoms with van der Waals surface area (Å²) in [5.41, 5.74) is 0.227. The van der Waals surface area contributed by atoms with E-state index in [0.29, 0.717) is 24.6 Å². The fraction of sp³-hybridized carbons (Fsp3) is 0.765. The van der Waals surface area contributed by atoms with Crippen molar-refractivity contribution in [3.8, 4) is 0 Å². The monoisotopic (exact) mass is 335 g/mol. The molecule has 3 aliphatic rings. The number of carbonyl (C=O) groups is 1. The van der Waals surface area contributed by atoms with Gasteiger partial charge < -0.3 is 15.4 Å². The Balaban J connectivity index is 1.29. The quantitative estimate of drug-likeness (QED) is 0.889. The van der Waals surface area contributed by atoms with E-state index in [1.807, 2.05) is 6.20 Å². The van der Waals surface area contributed by atoms with Crippen molar-refractivity contribution in [2.24, 2.45) is 11.3 Å². The first kappa shape index (κ1) is 15.4. The number of amides is 2. The maximum atomic E-state index is 12.3. The third-order valence-corrected chi connectivity index (χ3v) is 6.84. The van der Waals surface area contributed by atoms with Gasteiger partial charge in [0.15, 0.2) is 0 Å². The van der Waals surface area contributed by atoms with Gasteiger partial charge in [-0.2, -0.15) is 0 Å². The molecule has 0 radical (unpaired) electrons. The molecule has 1 aliphatic heterocycles. The molecule has 3 fully saturated rings. The molecule has 1 spiro atoms. The summed E-state index contributed by atoms with van der Waals surface area (Å²) in [4.78, 5) is 17.8. The molecule has 0 bridgehead atoms. The predicted octanol–water partition coefficient (Wildman–Crippen LogP) is 2.64. The summed E-state index contributed by atoms with van der Waals surface area (Å²) in [5.74, 6) is 0.528. The van der Waals surface area contributed by atoms with Gasteiger partial charge >= 0.3 is 6.03 Å². The van der Waals surface area contributed by atoms with Crippen LogP contribution >= 0.6 is 11.3 Å². The van der Waals surface area contributed by atoms with Crippen LogP contribution in [0.4, 0.5) is 4.79 Å². The van der Waals surface area contributed by atoms with E-state index in [0.717, 1.165) is 24.5 Å². The molecule has 6 heteroatoms. The molecular formula is C17H25N3O2S. The highest BCUT2D eigenvalue weighted by Crippen LogP contribution is 2.60. The SMILES string of the molecule is Cc1cnc(CCNC(=O)NC2C3CCOC3C23CCCC3)s1. The Morgan fingerprint density at radius 2 is 2.30 bits per heavy atom. The number of nitrogens with zero attached hydrogens (tertiary/aromatic N) is 1. The van der Waals surface area contributed by atoms with Gasteiger partial charge in [0.25, 0.3) is 0 Å². The Labute approximate surface area is 141 Å². The molecule has 1 aromatic rings. The van der Waals surface area contributed by atoms with E-state index >= 15 is 0 Å². The molecule has 1 aromatic heterocycles.